The van der Waals surface area contributed by atoms with Gasteiger partial charge in [-0.2, -0.15) is 0 Å². The Bertz CT molecular complexity index is 349. The molecule has 0 aromatic carbocycles. The molecule has 0 saturated carbocycles. The quantitative estimate of drug-likeness (QED) is 0.765. The highest BCUT2D eigenvalue weighted by Crippen LogP contribution is 2.08. The fraction of sp³-hybridized carbons (Fsp3) is 0.769. The van der Waals surface area contributed by atoms with Crippen LogP contribution in [0.25, 0.3) is 0 Å². The third-order valence-electron chi connectivity index (χ3n) is 3.06. The van der Waals surface area contributed by atoms with Gasteiger partial charge in [0.05, 0.1) is 12.3 Å². The molecular formula is C13H26N4O. The molecule has 0 bridgehead atoms. The van der Waals surface area contributed by atoms with Gasteiger partial charge in [0, 0.05) is 39.0 Å². The van der Waals surface area contributed by atoms with Crippen LogP contribution in [0.15, 0.2) is 6.20 Å². The van der Waals surface area contributed by atoms with E-state index in [1.54, 1.807) is 7.11 Å². The zero-order valence-electron chi connectivity index (χ0n) is 12.2. The van der Waals surface area contributed by atoms with Gasteiger partial charge in [-0.05, 0) is 27.8 Å². The Kier molecular flexibility index (Phi) is 6.15. The number of rotatable bonds is 8. The zero-order valence-corrected chi connectivity index (χ0v) is 12.2. The third kappa shape index (κ3) is 4.66. The van der Waals surface area contributed by atoms with Crippen molar-refractivity contribution in [1.29, 1.82) is 0 Å². The average molecular weight is 254 g/mol. The van der Waals surface area contributed by atoms with Crippen LogP contribution >= 0.6 is 0 Å². The van der Waals surface area contributed by atoms with Crippen LogP contribution in [0.4, 0.5) is 5.95 Å². The summed E-state index contributed by atoms with van der Waals surface area (Å²) in [5, 5.41) is 3.38. The molecule has 1 aromatic rings. The van der Waals surface area contributed by atoms with Crippen LogP contribution in [0, 0.1) is 6.92 Å². The van der Waals surface area contributed by atoms with Crippen LogP contribution in [0.1, 0.15) is 19.5 Å². The van der Waals surface area contributed by atoms with Gasteiger partial charge >= 0.3 is 0 Å². The lowest BCUT2D eigenvalue weighted by Gasteiger charge is -2.21. The highest BCUT2D eigenvalue weighted by molar-refractivity contribution is 5.28. The molecular weight excluding hydrogens is 228 g/mol. The van der Waals surface area contributed by atoms with Crippen LogP contribution in [-0.4, -0.2) is 54.3 Å². The lowest BCUT2D eigenvalue weighted by molar-refractivity contribution is 0.187. The number of aryl methyl sites for hydroxylation is 1. The summed E-state index contributed by atoms with van der Waals surface area (Å²) in [6.07, 6.45) is 2.05. The number of likely N-dealkylation sites (N-methyl/N-ethyl adjacent to an activating group) is 1. The number of hydrogen-bond acceptors (Lipinski definition) is 4. The van der Waals surface area contributed by atoms with E-state index in [-0.39, 0.29) is 0 Å². The molecule has 0 amide bonds. The number of aromatic nitrogens is 2. The minimum absolute atomic E-state index is 0.571. The molecule has 18 heavy (non-hydrogen) atoms. The molecule has 0 radical (unpaired) electrons. The van der Waals surface area contributed by atoms with Gasteiger partial charge in [0.2, 0.25) is 5.95 Å². The molecule has 1 N–H and O–H groups in total. The fourth-order valence-corrected chi connectivity index (χ4v) is 1.65. The van der Waals surface area contributed by atoms with Crippen molar-refractivity contribution >= 4 is 5.95 Å². The molecule has 104 valence electrons. The van der Waals surface area contributed by atoms with E-state index in [0.717, 1.165) is 31.3 Å². The number of imidazole rings is 1. The summed E-state index contributed by atoms with van der Waals surface area (Å²) in [5.41, 5.74) is 1.03. The van der Waals surface area contributed by atoms with E-state index in [4.69, 9.17) is 4.74 Å². The fourth-order valence-electron chi connectivity index (χ4n) is 1.65. The summed E-state index contributed by atoms with van der Waals surface area (Å²) >= 11 is 0. The van der Waals surface area contributed by atoms with Gasteiger partial charge in [0.25, 0.3) is 0 Å². The summed E-state index contributed by atoms with van der Waals surface area (Å²) in [7, 11) is 3.85. The Balaban J connectivity index is 2.45. The first-order chi connectivity index (χ1) is 8.54. The van der Waals surface area contributed by atoms with Gasteiger partial charge < -0.3 is 19.5 Å². The summed E-state index contributed by atoms with van der Waals surface area (Å²) in [5.74, 6) is 0.932. The number of ether oxygens (including phenoxy) is 1. The molecule has 0 fully saturated rings. The van der Waals surface area contributed by atoms with Crippen molar-refractivity contribution in [3.8, 4) is 0 Å². The lowest BCUT2D eigenvalue weighted by atomic mass is 10.3. The normalized spacial score (nSPS) is 11.5. The molecule has 0 saturated heterocycles. The number of anilines is 1. The van der Waals surface area contributed by atoms with E-state index >= 15 is 0 Å². The number of nitrogens with one attached hydrogen (secondary N) is 1. The average Bonchev–Trinajstić information content (AvgIpc) is 2.66. The molecule has 1 rings (SSSR count). The lowest BCUT2D eigenvalue weighted by Crippen LogP contribution is -2.31. The summed E-state index contributed by atoms with van der Waals surface area (Å²) in [6.45, 7) is 9.85. The standard InChI is InChI=1S/C13H26N4O/c1-11(2)16(4)7-6-14-13-15-12(3)10-17(13)8-9-18-5/h10-11H,6-9H2,1-5H3,(H,14,15). The Labute approximate surface area is 110 Å². The Morgan fingerprint density at radius 3 is 2.83 bits per heavy atom. The second-order valence-electron chi connectivity index (χ2n) is 4.89. The molecule has 0 atom stereocenters. The second kappa shape index (κ2) is 7.38. The minimum atomic E-state index is 0.571. The van der Waals surface area contributed by atoms with Gasteiger partial charge in [-0.1, -0.05) is 0 Å². The zero-order chi connectivity index (χ0) is 13.5. The van der Waals surface area contributed by atoms with Crippen LogP contribution in [0.5, 0.6) is 0 Å². The Morgan fingerprint density at radius 1 is 1.50 bits per heavy atom. The highest BCUT2D eigenvalue weighted by atomic mass is 16.5. The van der Waals surface area contributed by atoms with Gasteiger partial charge in [-0.15, -0.1) is 0 Å². The van der Waals surface area contributed by atoms with E-state index < -0.39 is 0 Å². The van der Waals surface area contributed by atoms with Crippen molar-refractivity contribution in [2.24, 2.45) is 0 Å². The van der Waals surface area contributed by atoms with Crippen molar-refractivity contribution in [2.75, 3.05) is 39.2 Å². The molecule has 1 aromatic heterocycles. The molecule has 0 spiro atoms. The van der Waals surface area contributed by atoms with Crippen molar-refractivity contribution < 1.29 is 4.74 Å². The topological polar surface area (TPSA) is 42.3 Å². The Morgan fingerprint density at radius 2 is 2.22 bits per heavy atom. The maximum atomic E-state index is 5.10. The van der Waals surface area contributed by atoms with E-state index in [0.29, 0.717) is 12.6 Å². The van der Waals surface area contributed by atoms with Crippen molar-refractivity contribution in [3.63, 3.8) is 0 Å². The van der Waals surface area contributed by atoms with Crippen molar-refractivity contribution in [2.45, 2.75) is 33.4 Å². The van der Waals surface area contributed by atoms with Gasteiger partial charge in [0.15, 0.2) is 0 Å². The third-order valence-corrected chi connectivity index (χ3v) is 3.06. The van der Waals surface area contributed by atoms with Gasteiger partial charge in [0.1, 0.15) is 0 Å². The van der Waals surface area contributed by atoms with E-state index in [1.807, 2.05) is 13.1 Å². The highest BCUT2D eigenvalue weighted by Gasteiger charge is 2.06. The van der Waals surface area contributed by atoms with Crippen LogP contribution < -0.4 is 5.32 Å². The number of methoxy groups -OCH3 is 1. The van der Waals surface area contributed by atoms with E-state index in [9.17, 15) is 0 Å². The molecule has 0 aliphatic rings. The first-order valence-electron chi connectivity index (χ1n) is 6.51. The van der Waals surface area contributed by atoms with Crippen LogP contribution in [0.3, 0.4) is 0 Å². The maximum absolute atomic E-state index is 5.10. The van der Waals surface area contributed by atoms with Crippen molar-refractivity contribution in [3.05, 3.63) is 11.9 Å². The molecule has 0 aliphatic heterocycles. The molecule has 5 nitrogen and oxygen atoms in total. The SMILES string of the molecule is COCCn1cc(C)nc1NCCN(C)C(C)C. The van der Waals surface area contributed by atoms with E-state index in [1.165, 1.54) is 0 Å². The van der Waals surface area contributed by atoms with E-state index in [2.05, 4.69) is 40.7 Å². The smallest absolute Gasteiger partial charge is 0.203 e. The molecule has 0 aliphatic carbocycles. The van der Waals surface area contributed by atoms with Crippen LogP contribution in [0.2, 0.25) is 0 Å². The number of hydrogen-bond donors (Lipinski definition) is 1. The first kappa shape index (κ1) is 15.0. The molecule has 0 unspecified atom stereocenters. The monoisotopic (exact) mass is 254 g/mol. The summed E-state index contributed by atoms with van der Waals surface area (Å²) in [6, 6.07) is 0.571. The minimum Gasteiger partial charge on any atom is -0.383 e. The largest absolute Gasteiger partial charge is 0.383 e. The summed E-state index contributed by atoms with van der Waals surface area (Å²) in [4.78, 5) is 6.79. The molecule has 5 heteroatoms. The summed E-state index contributed by atoms with van der Waals surface area (Å²) < 4.78 is 7.20. The Hall–Kier alpha value is -1.07. The predicted molar refractivity (Wildman–Crippen MR) is 75.1 cm³/mol. The predicted octanol–water partition coefficient (Wildman–Crippen LogP) is 1.59. The van der Waals surface area contributed by atoms with Gasteiger partial charge in [-0.25, -0.2) is 4.98 Å². The maximum Gasteiger partial charge on any atom is 0.203 e. The second-order valence-corrected chi connectivity index (χ2v) is 4.89. The van der Waals surface area contributed by atoms with Crippen LogP contribution in [-0.2, 0) is 11.3 Å². The van der Waals surface area contributed by atoms with Crippen molar-refractivity contribution in [1.82, 2.24) is 14.5 Å². The number of nitrogens with zero attached hydrogens (tertiary/aromatic N) is 3. The van der Waals surface area contributed by atoms with Gasteiger partial charge in [-0.3, -0.25) is 0 Å². The first-order valence-corrected chi connectivity index (χ1v) is 6.51. The molecule has 1 heterocycles.